The summed E-state index contributed by atoms with van der Waals surface area (Å²) in [6.45, 7) is 5.83. The molecular weight excluding hydrogens is 328 g/mol. The van der Waals surface area contributed by atoms with Crippen LogP contribution in [0.4, 0.5) is 11.5 Å². The quantitative estimate of drug-likeness (QED) is 0.893. The number of anilines is 2. The molecule has 0 radical (unpaired) electrons. The molecule has 0 amide bonds. The Balaban J connectivity index is 2.00. The fourth-order valence-corrected chi connectivity index (χ4v) is 3.07. The van der Waals surface area contributed by atoms with Crippen LogP contribution in [-0.4, -0.2) is 21.6 Å². The van der Waals surface area contributed by atoms with Crippen LogP contribution in [0.15, 0.2) is 17.1 Å². The first kappa shape index (κ1) is 16.8. The highest BCUT2D eigenvalue weighted by atomic mass is 35.5. The molecule has 1 saturated carbocycles. The molecule has 1 atom stereocenters. The number of hydrogen-bond donors (Lipinski definition) is 1. The van der Waals surface area contributed by atoms with E-state index in [-0.39, 0.29) is 17.4 Å². The molecule has 1 N–H and O–H groups in total. The van der Waals surface area contributed by atoms with Gasteiger partial charge in [-0.1, -0.05) is 11.6 Å². The summed E-state index contributed by atoms with van der Waals surface area (Å²) < 4.78 is 6.84. The molecule has 0 aliphatic heterocycles. The number of nitrogens with one attached hydrogen (secondary N) is 1. The summed E-state index contributed by atoms with van der Waals surface area (Å²) in [6.07, 6.45) is 3.91. The summed E-state index contributed by atoms with van der Waals surface area (Å²) >= 11 is 6.14. The van der Waals surface area contributed by atoms with Gasteiger partial charge < -0.3 is 14.6 Å². The van der Waals surface area contributed by atoms with Gasteiger partial charge in [-0.3, -0.25) is 4.79 Å². The second-order valence-electron chi connectivity index (χ2n) is 6.27. The van der Waals surface area contributed by atoms with Crippen molar-refractivity contribution in [2.45, 2.75) is 39.7 Å². The SMILES string of the molecule is COc1cc(C)c(Nc2nc(Cl)cn([C@H](C)C3CC3)c2=O)c(C)n1. The number of aryl methyl sites for hydroxylation is 2. The average molecular weight is 349 g/mol. The number of hydrogen-bond acceptors (Lipinski definition) is 5. The van der Waals surface area contributed by atoms with E-state index in [1.54, 1.807) is 17.9 Å². The Morgan fingerprint density at radius 2 is 2.08 bits per heavy atom. The van der Waals surface area contributed by atoms with Crippen LogP contribution in [0.5, 0.6) is 5.88 Å². The first-order chi connectivity index (χ1) is 11.4. The molecule has 0 unspecified atom stereocenters. The molecular formula is C17H21ClN4O2. The Morgan fingerprint density at radius 3 is 2.67 bits per heavy atom. The number of pyridine rings is 1. The van der Waals surface area contributed by atoms with Crippen LogP contribution in [0.2, 0.25) is 5.15 Å². The monoisotopic (exact) mass is 348 g/mol. The minimum atomic E-state index is -0.173. The molecule has 1 aliphatic rings. The highest BCUT2D eigenvalue weighted by Gasteiger charge is 2.30. The van der Waals surface area contributed by atoms with Crippen LogP contribution < -0.4 is 15.6 Å². The highest BCUT2D eigenvalue weighted by Crippen LogP contribution is 2.39. The zero-order chi connectivity index (χ0) is 17.4. The zero-order valence-electron chi connectivity index (χ0n) is 14.3. The lowest BCUT2D eigenvalue weighted by Crippen LogP contribution is -2.27. The summed E-state index contributed by atoms with van der Waals surface area (Å²) in [4.78, 5) is 21.3. The van der Waals surface area contributed by atoms with E-state index in [9.17, 15) is 4.79 Å². The van der Waals surface area contributed by atoms with Gasteiger partial charge in [0.2, 0.25) is 5.88 Å². The van der Waals surface area contributed by atoms with Crippen LogP contribution in [-0.2, 0) is 0 Å². The second kappa shape index (κ2) is 6.43. The fraction of sp³-hybridized carbons (Fsp3) is 0.471. The Kier molecular flexibility index (Phi) is 4.49. The molecule has 2 aromatic heterocycles. The summed E-state index contributed by atoms with van der Waals surface area (Å²) in [6, 6.07) is 1.93. The molecule has 0 spiro atoms. The van der Waals surface area contributed by atoms with Crippen molar-refractivity contribution in [1.82, 2.24) is 14.5 Å². The lowest BCUT2D eigenvalue weighted by Gasteiger charge is -2.17. The number of aromatic nitrogens is 3. The van der Waals surface area contributed by atoms with Crippen molar-refractivity contribution in [1.29, 1.82) is 0 Å². The largest absolute Gasteiger partial charge is 0.481 e. The molecule has 7 heteroatoms. The van der Waals surface area contributed by atoms with Crippen LogP contribution >= 0.6 is 11.6 Å². The number of halogens is 1. The van der Waals surface area contributed by atoms with Gasteiger partial charge in [-0.25, -0.2) is 9.97 Å². The molecule has 0 aromatic carbocycles. The molecule has 3 rings (SSSR count). The molecule has 0 saturated heterocycles. The smallest absolute Gasteiger partial charge is 0.294 e. The van der Waals surface area contributed by atoms with Gasteiger partial charge in [-0.05, 0) is 45.1 Å². The van der Waals surface area contributed by atoms with Gasteiger partial charge in [0.05, 0.1) is 18.5 Å². The van der Waals surface area contributed by atoms with Gasteiger partial charge in [0, 0.05) is 18.3 Å². The molecule has 6 nitrogen and oxygen atoms in total. The van der Waals surface area contributed by atoms with E-state index in [1.807, 2.05) is 26.8 Å². The summed E-state index contributed by atoms with van der Waals surface area (Å²) in [5.41, 5.74) is 2.22. The predicted molar refractivity (Wildman–Crippen MR) is 94.5 cm³/mol. The Labute approximate surface area is 145 Å². The van der Waals surface area contributed by atoms with Gasteiger partial charge in [0.1, 0.15) is 5.15 Å². The van der Waals surface area contributed by atoms with Crippen LogP contribution in [0, 0.1) is 19.8 Å². The normalized spacial score (nSPS) is 15.2. The third-order valence-electron chi connectivity index (χ3n) is 4.47. The molecule has 1 fully saturated rings. The van der Waals surface area contributed by atoms with Crippen LogP contribution in [0.25, 0.3) is 0 Å². The van der Waals surface area contributed by atoms with Crippen LogP contribution in [0.3, 0.4) is 0 Å². The minimum Gasteiger partial charge on any atom is -0.481 e. The van der Waals surface area contributed by atoms with Crippen molar-refractivity contribution in [3.8, 4) is 5.88 Å². The third kappa shape index (κ3) is 3.24. The number of rotatable bonds is 5. The predicted octanol–water partition coefficient (Wildman–Crippen LogP) is 3.63. The minimum absolute atomic E-state index is 0.120. The molecule has 2 heterocycles. The third-order valence-corrected chi connectivity index (χ3v) is 4.65. The first-order valence-corrected chi connectivity index (χ1v) is 8.36. The first-order valence-electron chi connectivity index (χ1n) is 7.98. The van der Waals surface area contributed by atoms with E-state index in [0.717, 1.165) is 29.8 Å². The Bertz CT molecular complexity index is 807. The maximum Gasteiger partial charge on any atom is 0.294 e. The molecule has 24 heavy (non-hydrogen) atoms. The fourth-order valence-electron chi connectivity index (χ4n) is 2.88. The average Bonchev–Trinajstić information content (AvgIpc) is 3.37. The van der Waals surface area contributed by atoms with Crippen LogP contribution in [0.1, 0.15) is 37.1 Å². The van der Waals surface area contributed by atoms with E-state index in [0.29, 0.717) is 17.0 Å². The topological polar surface area (TPSA) is 69.0 Å². The lowest BCUT2D eigenvalue weighted by atomic mass is 10.2. The van der Waals surface area contributed by atoms with E-state index in [1.165, 1.54) is 0 Å². The summed E-state index contributed by atoms with van der Waals surface area (Å²) in [5.74, 6) is 1.29. The Hall–Kier alpha value is -2.08. The molecule has 0 bridgehead atoms. The van der Waals surface area contributed by atoms with E-state index in [4.69, 9.17) is 16.3 Å². The van der Waals surface area contributed by atoms with E-state index >= 15 is 0 Å². The van der Waals surface area contributed by atoms with Crippen molar-refractivity contribution < 1.29 is 4.74 Å². The van der Waals surface area contributed by atoms with Gasteiger partial charge in [-0.2, -0.15) is 0 Å². The molecule has 128 valence electrons. The summed E-state index contributed by atoms with van der Waals surface area (Å²) in [5, 5.41) is 3.40. The van der Waals surface area contributed by atoms with Crippen molar-refractivity contribution in [2.75, 3.05) is 12.4 Å². The number of ether oxygens (including phenoxy) is 1. The van der Waals surface area contributed by atoms with Gasteiger partial charge >= 0.3 is 0 Å². The molecule has 1 aliphatic carbocycles. The van der Waals surface area contributed by atoms with Crippen molar-refractivity contribution in [3.05, 3.63) is 39.0 Å². The van der Waals surface area contributed by atoms with Crippen molar-refractivity contribution in [2.24, 2.45) is 5.92 Å². The Morgan fingerprint density at radius 1 is 1.38 bits per heavy atom. The molecule has 2 aromatic rings. The van der Waals surface area contributed by atoms with Gasteiger partial charge in [0.15, 0.2) is 5.82 Å². The maximum atomic E-state index is 12.8. The summed E-state index contributed by atoms with van der Waals surface area (Å²) in [7, 11) is 1.57. The van der Waals surface area contributed by atoms with E-state index in [2.05, 4.69) is 15.3 Å². The van der Waals surface area contributed by atoms with E-state index < -0.39 is 0 Å². The lowest BCUT2D eigenvalue weighted by molar-refractivity contribution is 0.396. The number of nitrogens with zero attached hydrogens (tertiary/aromatic N) is 3. The second-order valence-corrected chi connectivity index (χ2v) is 6.66. The van der Waals surface area contributed by atoms with Crippen molar-refractivity contribution in [3.63, 3.8) is 0 Å². The van der Waals surface area contributed by atoms with Gasteiger partial charge in [0.25, 0.3) is 5.56 Å². The van der Waals surface area contributed by atoms with Crippen molar-refractivity contribution >= 4 is 23.1 Å². The highest BCUT2D eigenvalue weighted by molar-refractivity contribution is 6.29. The zero-order valence-corrected chi connectivity index (χ0v) is 15.0. The maximum absolute atomic E-state index is 12.8. The standard InChI is InChI=1S/C17H21ClN4O2/c1-9-7-14(24-4)19-10(2)15(9)21-16-17(23)22(8-13(18)20-16)11(3)12-5-6-12/h7-8,11-12H,5-6H2,1-4H3,(H,20,21)/t11-/m1/s1. The van der Waals surface area contributed by atoms with Gasteiger partial charge in [-0.15, -0.1) is 0 Å². The number of methoxy groups -OCH3 is 1.